The molecule has 0 aliphatic carbocycles. The molecule has 6 nitrogen and oxygen atoms in total. The zero-order valence-electron chi connectivity index (χ0n) is 15.4. The Balaban J connectivity index is 1.82. The second-order valence-corrected chi connectivity index (χ2v) is 7.41. The van der Waals surface area contributed by atoms with Gasteiger partial charge in [-0.3, -0.25) is 14.3 Å². The third-order valence-corrected chi connectivity index (χ3v) is 4.92. The zero-order chi connectivity index (χ0) is 18.8. The first kappa shape index (κ1) is 18.2. The Bertz CT molecular complexity index is 798. The van der Waals surface area contributed by atoms with Gasteiger partial charge in [-0.15, -0.1) is 0 Å². The lowest BCUT2D eigenvalue weighted by Crippen LogP contribution is -2.31. The topological polar surface area (TPSA) is 75.4 Å². The zero-order valence-corrected chi connectivity index (χ0v) is 15.4. The van der Waals surface area contributed by atoms with E-state index < -0.39 is 11.9 Å². The molecule has 2 aromatic rings. The molecule has 0 spiro atoms. The van der Waals surface area contributed by atoms with E-state index in [4.69, 9.17) is 0 Å². The standard InChI is InChI=1S/C20H25N3O3/c1-13(2)9-15-10-18(22(3)21-15)19(24)23-11-16(17(12-23)20(25)26)14-7-5-4-6-8-14/h4-8,10,13,16-17H,9,11-12H2,1-3H3,(H,25,26)/t16-,17+/m1/s1. The summed E-state index contributed by atoms with van der Waals surface area (Å²) in [6.45, 7) is 4.85. The van der Waals surface area contributed by atoms with Crippen molar-refractivity contribution < 1.29 is 14.7 Å². The molecule has 0 radical (unpaired) electrons. The number of aryl methyl sites for hydroxylation is 1. The number of hydrogen-bond donors (Lipinski definition) is 1. The summed E-state index contributed by atoms with van der Waals surface area (Å²) in [6, 6.07) is 11.4. The maximum atomic E-state index is 13.0. The lowest BCUT2D eigenvalue weighted by Gasteiger charge is -2.16. The molecule has 26 heavy (non-hydrogen) atoms. The molecular formula is C20H25N3O3. The number of rotatable bonds is 5. The van der Waals surface area contributed by atoms with Crippen LogP contribution in [0, 0.1) is 11.8 Å². The van der Waals surface area contributed by atoms with Gasteiger partial charge in [-0.2, -0.15) is 5.10 Å². The molecule has 1 aromatic carbocycles. The molecule has 6 heteroatoms. The maximum Gasteiger partial charge on any atom is 0.308 e. The van der Waals surface area contributed by atoms with E-state index in [0.29, 0.717) is 18.2 Å². The molecule has 3 rings (SSSR count). The number of carbonyl (C=O) groups is 2. The fourth-order valence-electron chi connectivity index (χ4n) is 3.66. The van der Waals surface area contributed by atoms with E-state index >= 15 is 0 Å². The van der Waals surface area contributed by atoms with E-state index in [0.717, 1.165) is 17.7 Å². The molecular weight excluding hydrogens is 330 g/mol. The van der Waals surface area contributed by atoms with Crippen LogP contribution >= 0.6 is 0 Å². The largest absolute Gasteiger partial charge is 0.481 e. The summed E-state index contributed by atoms with van der Waals surface area (Å²) in [5.41, 5.74) is 2.36. The van der Waals surface area contributed by atoms with Crippen LogP contribution in [0.25, 0.3) is 0 Å². The minimum Gasteiger partial charge on any atom is -0.481 e. The summed E-state index contributed by atoms with van der Waals surface area (Å²) in [6.07, 6.45) is 0.811. The summed E-state index contributed by atoms with van der Waals surface area (Å²) >= 11 is 0. The highest BCUT2D eigenvalue weighted by Gasteiger charge is 2.41. The average Bonchev–Trinajstić information content (AvgIpc) is 3.18. The smallest absolute Gasteiger partial charge is 0.308 e. The number of amides is 1. The lowest BCUT2D eigenvalue weighted by molar-refractivity contribution is -0.141. The first-order chi connectivity index (χ1) is 12.4. The lowest BCUT2D eigenvalue weighted by atomic mass is 9.89. The minimum absolute atomic E-state index is 0.153. The van der Waals surface area contributed by atoms with Crippen LogP contribution in [0.3, 0.4) is 0 Å². The van der Waals surface area contributed by atoms with E-state index in [9.17, 15) is 14.7 Å². The van der Waals surface area contributed by atoms with Gasteiger partial charge in [0.1, 0.15) is 5.69 Å². The Labute approximate surface area is 153 Å². The van der Waals surface area contributed by atoms with Gasteiger partial charge in [0.05, 0.1) is 11.6 Å². The number of likely N-dealkylation sites (tertiary alicyclic amines) is 1. The number of carboxylic acid groups (broad SMARTS) is 1. The molecule has 1 fully saturated rings. The number of hydrogen-bond acceptors (Lipinski definition) is 3. The summed E-state index contributed by atoms with van der Waals surface area (Å²) in [5.74, 6) is -1.34. The third kappa shape index (κ3) is 3.64. The van der Waals surface area contributed by atoms with Crippen LogP contribution in [0.1, 0.15) is 41.5 Å². The van der Waals surface area contributed by atoms with Crippen molar-refractivity contribution in [1.82, 2.24) is 14.7 Å². The van der Waals surface area contributed by atoms with Crippen LogP contribution in [0.4, 0.5) is 0 Å². The number of carboxylic acids is 1. The quantitative estimate of drug-likeness (QED) is 0.894. The highest BCUT2D eigenvalue weighted by molar-refractivity contribution is 5.93. The van der Waals surface area contributed by atoms with Crippen molar-refractivity contribution in [2.45, 2.75) is 26.2 Å². The third-order valence-electron chi connectivity index (χ3n) is 4.92. The molecule has 1 aromatic heterocycles. The number of benzene rings is 1. The molecule has 1 N–H and O–H groups in total. The van der Waals surface area contributed by atoms with Crippen LogP contribution in [0.2, 0.25) is 0 Å². The molecule has 1 saturated heterocycles. The van der Waals surface area contributed by atoms with E-state index in [2.05, 4.69) is 18.9 Å². The van der Waals surface area contributed by atoms with Crippen LogP contribution in [-0.2, 0) is 18.3 Å². The molecule has 1 aliphatic rings. The van der Waals surface area contributed by atoms with E-state index in [1.54, 1.807) is 16.6 Å². The molecule has 138 valence electrons. The van der Waals surface area contributed by atoms with Gasteiger partial charge in [-0.25, -0.2) is 0 Å². The van der Waals surface area contributed by atoms with Crippen LogP contribution in [-0.4, -0.2) is 44.8 Å². The van der Waals surface area contributed by atoms with Gasteiger partial charge in [0.2, 0.25) is 0 Å². The fraction of sp³-hybridized carbons (Fsp3) is 0.450. The summed E-state index contributed by atoms with van der Waals surface area (Å²) in [5, 5.41) is 14.0. The van der Waals surface area contributed by atoms with Crippen molar-refractivity contribution in [2.24, 2.45) is 18.9 Å². The highest BCUT2D eigenvalue weighted by atomic mass is 16.4. The van der Waals surface area contributed by atoms with Gasteiger partial charge >= 0.3 is 5.97 Å². The highest BCUT2D eigenvalue weighted by Crippen LogP contribution is 2.33. The van der Waals surface area contributed by atoms with E-state index in [1.807, 2.05) is 36.4 Å². The van der Waals surface area contributed by atoms with Gasteiger partial charge in [0.15, 0.2) is 0 Å². The van der Waals surface area contributed by atoms with Gasteiger partial charge < -0.3 is 10.0 Å². The Kier molecular flexibility index (Phi) is 5.11. The predicted molar refractivity (Wildman–Crippen MR) is 98.0 cm³/mol. The Morgan fingerprint density at radius 2 is 1.92 bits per heavy atom. The summed E-state index contributed by atoms with van der Waals surface area (Å²) < 4.78 is 1.60. The average molecular weight is 355 g/mol. The van der Waals surface area contributed by atoms with Crippen molar-refractivity contribution in [3.63, 3.8) is 0 Å². The second kappa shape index (κ2) is 7.32. The van der Waals surface area contributed by atoms with Gasteiger partial charge in [0.25, 0.3) is 5.91 Å². The SMILES string of the molecule is CC(C)Cc1cc(C(=O)N2C[C@H](C(=O)O)[C@@H](c3ccccc3)C2)n(C)n1. The molecule has 2 heterocycles. The minimum atomic E-state index is -0.861. The fourth-order valence-corrected chi connectivity index (χ4v) is 3.66. The number of aliphatic carboxylic acids is 1. The van der Waals surface area contributed by atoms with Crippen molar-refractivity contribution in [2.75, 3.05) is 13.1 Å². The van der Waals surface area contributed by atoms with Gasteiger partial charge in [-0.05, 0) is 24.0 Å². The number of aromatic nitrogens is 2. The Hall–Kier alpha value is -2.63. The maximum absolute atomic E-state index is 13.0. The first-order valence-electron chi connectivity index (χ1n) is 8.96. The molecule has 0 saturated carbocycles. The molecule has 1 amide bonds. The predicted octanol–water partition coefficient (Wildman–Crippen LogP) is 2.56. The van der Waals surface area contributed by atoms with Crippen LogP contribution in [0.5, 0.6) is 0 Å². The second-order valence-electron chi connectivity index (χ2n) is 7.41. The molecule has 0 bridgehead atoms. The Morgan fingerprint density at radius 1 is 1.23 bits per heavy atom. The van der Waals surface area contributed by atoms with Crippen LogP contribution < -0.4 is 0 Å². The number of carbonyl (C=O) groups excluding carboxylic acids is 1. The van der Waals surface area contributed by atoms with Crippen molar-refractivity contribution in [3.8, 4) is 0 Å². The van der Waals surface area contributed by atoms with Crippen molar-refractivity contribution in [3.05, 3.63) is 53.3 Å². The van der Waals surface area contributed by atoms with Crippen molar-refractivity contribution in [1.29, 1.82) is 0 Å². The molecule has 2 atom stereocenters. The first-order valence-corrected chi connectivity index (χ1v) is 8.96. The van der Waals surface area contributed by atoms with Crippen molar-refractivity contribution >= 4 is 11.9 Å². The normalized spacial score (nSPS) is 19.9. The monoisotopic (exact) mass is 355 g/mol. The van der Waals surface area contributed by atoms with E-state index in [-0.39, 0.29) is 18.4 Å². The van der Waals surface area contributed by atoms with E-state index in [1.165, 1.54) is 0 Å². The number of nitrogens with zero attached hydrogens (tertiary/aromatic N) is 3. The van der Waals surface area contributed by atoms with Gasteiger partial charge in [0, 0.05) is 26.1 Å². The molecule has 0 unspecified atom stereocenters. The summed E-state index contributed by atoms with van der Waals surface area (Å²) in [4.78, 5) is 26.4. The summed E-state index contributed by atoms with van der Waals surface area (Å²) in [7, 11) is 1.76. The van der Waals surface area contributed by atoms with Crippen LogP contribution in [0.15, 0.2) is 36.4 Å². The Morgan fingerprint density at radius 3 is 2.54 bits per heavy atom. The van der Waals surface area contributed by atoms with Gasteiger partial charge in [-0.1, -0.05) is 44.2 Å². The molecule has 1 aliphatic heterocycles.